The summed E-state index contributed by atoms with van der Waals surface area (Å²) in [5, 5.41) is -0.365. The Bertz CT molecular complexity index is 894. The van der Waals surface area contributed by atoms with Crippen molar-refractivity contribution in [2.75, 3.05) is 0 Å². The average Bonchev–Trinajstić information content (AvgIpc) is 2.66. The van der Waals surface area contributed by atoms with Gasteiger partial charge in [0.2, 0.25) is 5.12 Å². The zero-order valence-electron chi connectivity index (χ0n) is 15.4. The van der Waals surface area contributed by atoms with Crippen LogP contribution in [0.2, 0.25) is 0 Å². The Balaban J connectivity index is 1.52. The number of carbonyl (C=O) groups is 2. The van der Waals surface area contributed by atoms with E-state index < -0.39 is 0 Å². The Morgan fingerprint density at radius 3 is 2.00 bits per heavy atom. The van der Waals surface area contributed by atoms with Gasteiger partial charge in [0.25, 0.3) is 0 Å². The average molecular weight is 377 g/mol. The molecule has 0 unspecified atom stereocenters. The molecule has 2 aromatic carbocycles. The molecule has 0 heterocycles. The SMILES string of the molecule is O=C(S)c1ccccc1C(=O)c1cccc(C23CC4CC(CC(C4)C2)C3)c1. The summed E-state index contributed by atoms with van der Waals surface area (Å²) < 4.78 is 0. The van der Waals surface area contributed by atoms with Crippen LogP contribution in [0.5, 0.6) is 0 Å². The highest BCUT2D eigenvalue weighted by Gasteiger charge is 2.51. The zero-order valence-corrected chi connectivity index (χ0v) is 16.3. The van der Waals surface area contributed by atoms with Crippen LogP contribution in [-0.2, 0) is 5.41 Å². The molecule has 0 aromatic heterocycles. The third-order valence-electron chi connectivity index (χ3n) is 7.18. The van der Waals surface area contributed by atoms with Crippen molar-refractivity contribution in [3.05, 3.63) is 70.8 Å². The second-order valence-electron chi connectivity index (χ2n) is 8.96. The van der Waals surface area contributed by atoms with Crippen molar-refractivity contribution in [2.24, 2.45) is 17.8 Å². The maximum Gasteiger partial charge on any atom is 0.217 e. The van der Waals surface area contributed by atoms with E-state index >= 15 is 0 Å². The molecule has 0 radical (unpaired) electrons. The monoisotopic (exact) mass is 376 g/mol. The first kappa shape index (κ1) is 17.2. The minimum absolute atomic E-state index is 0.0837. The fraction of sp³-hybridized carbons (Fsp3) is 0.417. The lowest BCUT2D eigenvalue weighted by Crippen LogP contribution is -2.48. The number of benzene rings is 2. The van der Waals surface area contributed by atoms with Crippen LogP contribution < -0.4 is 0 Å². The molecule has 4 aliphatic rings. The summed E-state index contributed by atoms with van der Waals surface area (Å²) in [5.74, 6) is 2.54. The Hall–Kier alpha value is -1.87. The second-order valence-corrected chi connectivity index (χ2v) is 9.36. The van der Waals surface area contributed by atoms with Gasteiger partial charge in [-0.2, -0.15) is 0 Å². The van der Waals surface area contributed by atoms with Gasteiger partial charge in [-0.3, -0.25) is 9.59 Å². The van der Waals surface area contributed by atoms with Crippen molar-refractivity contribution in [1.29, 1.82) is 0 Å². The van der Waals surface area contributed by atoms with Gasteiger partial charge in [-0.05, 0) is 79.4 Å². The molecule has 0 aliphatic heterocycles. The van der Waals surface area contributed by atoms with Crippen LogP contribution in [0.15, 0.2) is 48.5 Å². The highest BCUT2D eigenvalue weighted by atomic mass is 32.1. The Morgan fingerprint density at radius 2 is 1.41 bits per heavy atom. The van der Waals surface area contributed by atoms with E-state index in [2.05, 4.69) is 24.8 Å². The molecule has 6 rings (SSSR count). The lowest BCUT2D eigenvalue weighted by molar-refractivity contribution is -0.00520. The van der Waals surface area contributed by atoms with Crippen LogP contribution in [0.3, 0.4) is 0 Å². The smallest absolute Gasteiger partial charge is 0.217 e. The summed E-state index contributed by atoms with van der Waals surface area (Å²) in [7, 11) is 0. The highest BCUT2D eigenvalue weighted by molar-refractivity contribution is 7.97. The molecule has 4 aliphatic carbocycles. The largest absolute Gasteiger partial charge is 0.289 e. The van der Waals surface area contributed by atoms with E-state index in [0.29, 0.717) is 16.7 Å². The molecular formula is C24H24O2S. The Labute approximate surface area is 165 Å². The predicted molar refractivity (Wildman–Crippen MR) is 109 cm³/mol. The van der Waals surface area contributed by atoms with Gasteiger partial charge in [-0.1, -0.05) is 36.4 Å². The second kappa shape index (κ2) is 6.34. The molecule has 4 bridgehead atoms. The Kier molecular flexibility index (Phi) is 4.05. The van der Waals surface area contributed by atoms with Crippen LogP contribution in [0.1, 0.15) is 70.4 Å². The minimum Gasteiger partial charge on any atom is -0.289 e. The molecule has 2 nitrogen and oxygen atoms in total. The van der Waals surface area contributed by atoms with Crippen molar-refractivity contribution in [1.82, 2.24) is 0 Å². The standard InChI is InChI=1S/C24H24O2S/c25-22(20-6-1-2-7-21(20)23(26)27)18-4-3-5-19(11-18)24-12-15-8-16(13-24)10-17(9-15)14-24/h1-7,11,15-17H,8-10,12-14H2,(H,26,27). The summed E-state index contributed by atoms with van der Waals surface area (Å²) >= 11 is 3.94. The summed E-state index contributed by atoms with van der Waals surface area (Å²) in [4.78, 5) is 25.0. The fourth-order valence-electron chi connectivity index (χ4n) is 6.48. The first-order valence-electron chi connectivity index (χ1n) is 10.0. The number of hydrogen-bond acceptors (Lipinski definition) is 2. The topological polar surface area (TPSA) is 34.1 Å². The van der Waals surface area contributed by atoms with Gasteiger partial charge in [0.05, 0.1) is 0 Å². The molecule has 4 saturated carbocycles. The molecule has 138 valence electrons. The van der Waals surface area contributed by atoms with Gasteiger partial charge < -0.3 is 0 Å². The first-order valence-corrected chi connectivity index (χ1v) is 10.5. The lowest BCUT2D eigenvalue weighted by atomic mass is 9.48. The number of carbonyl (C=O) groups excluding carboxylic acids is 2. The van der Waals surface area contributed by atoms with E-state index in [9.17, 15) is 9.59 Å². The van der Waals surface area contributed by atoms with Crippen molar-refractivity contribution in [2.45, 2.75) is 43.9 Å². The van der Waals surface area contributed by atoms with Crippen molar-refractivity contribution in [3.63, 3.8) is 0 Å². The van der Waals surface area contributed by atoms with Gasteiger partial charge in [-0.25, -0.2) is 0 Å². The number of hydrogen-bond donors (Lipinski definition) is 1. The van der Waals surface area contributed by atoms with Gasteiger partial charge >= 0.3 is 0 Å². The van der Waals surface area contributed by atoms with Gasteiger partial charge in [0.15, 0.2) is 5.78 Å². The van der Waals surface area contributed by atoms with E-state index in [1.165, 1.54) is 44.1 Å². The molecule has 4 fully saturated rings. The molecular weight excluding hydrogens is 352 g/mol. The van der Waals surface area contributed by atoms with E-state index in [-0.39, 0.29) is 16.3 Å². The predicted octanol–water partition coefficient (Wildman–Crippen LogP) is 5.46. The minimum atomic E-state index is -0.365. The van der Waals surface area contributed by atoms with E-state index in [4.69, 9.17) is 0 Å². The van der Waals surface area contributed by atoms with Crippen molar-refractivity contribution in [3.8, 4) is 0 Å². The van der Waals surface area contributed by atoms with Gasteiger partial charge in [0, 0.05) is 16.7 Å². The molecule has 0 saturated heterocycles. The third-order valence-corrected chi connectivity index (χ3v) is 7.42. The third kappa shape index (κ3) is 2.87. The van der Waals surface area contributed by atoms with E-state index in [1.807, 2.05) is 12.1 Å². The molecule has 0 N–H and O–H groups in total. The molecule has 0 spiro atoms. The van der Waals surface area contributed by atoms with E-state index in [1.54, 1.807) is 24.3 Å². The number of ketones is 1. The maximum absolute atomic E-state index is 13.2. The molecule has 27 heavy (non-hydrogen) atoms. The van der Waals surface area contributed by atoms with Crippen molar-refractivity contribution >= 4 is 23.5 Å². The summed E-state index contributed by atoms with van der Waals surface area (Å²) in [6, 6.07) is 15.2. The van der Waals surface area contributed by atoms with Crippen LogP contribution in [0, 0.1) is 17.8 Å². The molecule has 2 aromatic rings. The maximum atomic E-state index is 13.2. The van der Waals surface area contributed by atoms with Gasteiger partial charge in [0.1, 0.15) is 0 Å². The quantitative estimate of drug-likeness (QED) is 0.568. The normalized spacial score (nSPS) is 31.1. The van der Waals surface area contributed by atoms with Gasteiger partial charge in [-0.15, -0.1) is 12.6 Å². The summed E-state index contributed by atoms with van der Waals surface area (Å²) in [6.45, 7) is 0. The molecule has 3 heteroatoms. The van der Waals surface area contributed by atoms with Crippen LogP contribution in [0.25, 0.3) is 0 Å². The molecule has 0 atom stereocenters. The van der Waals surface area contributed by atoms with Crippen LogP contribution in [-0.4, -0.2) is 10.9 Å². The summed E-state index contributed by atoms with van der Waals surface area (Å²) in [5.41, 5.74) is 3.11. The number of thiol groups is 1. The van der Waals surface area contributed by atoms with E-state index in [0.717, 1.165) is 17.8 Å². The first-order chi connectivity index (χ1) is 13.0. The zero-order chi connectivity index (χ0) is 18.6. The lowest BCUT2D eigenvalue weighted by Gasteiger charge is -2.57. The Morgan fingerprint density at radius 1 is 0.815 bits per heavy atom. The van der Waals surface area contributed by atoms with Crippen LogP contribution in [0.4, 0.5) is 0 Å². The summed E-state index contributed by atoms with van der Waals surface area (Å²) in [6.07, 6.45) is 8.08. The highest BCUT2D eigenvalue weighted by Crippen LogP contribution is 2.60. The molecule has 0 amide bonds. The fourth-order valence-corrected chi connectivity index (χ4v) is 6.67. The number of rotatable bonds is 4. The van der Waals surface area contributed by atoms with Crippen LogP contribution >= 0.6 is 12.6 Å². The van der Waals surface area contributed by atoms with Crippen molar-refractivity contribution < 1.29 is 9.59 Å².